The normalized spacial score (nSPS) is 8.25. The first-order chi connectivity index (χ1) is 3.81. The Balaban J connectivity index is 0. The molecule has 0 spiro atoms. The zero-order valence-corrected chi connectivity index (χ0v) is 6.44. The number of aliphatic hydroxyl groups excluding tert-OH is 1. The second-order valence-corrected chi connectivity index (χ2v) is 1.92. The van der Waals surface area contributed by atoms with Gasteiger partial charge in [0.2, 0.25) is 0 Å². The van der Waals surface area contributed by atoms with Crippen LogP contribution in [0.4, 0.5) is 0 Å². The van der Waals surface area contributed by atoms with Gasteiger partial charge in [0.25, 0.3) is 0 Å². The molecule has 1 heteroatoms. The van der Waals surface area contributed by atoms with Gasteiger partial charge in [-0.3, -0.25) is 0 Å². The lowest BCUT2D eigenvalue weighted by Gasteiger charge is -1.98. The predicted octanol–water partition coefficient (Wildman–Crippen LogP) is 2.05. The van der Waals surface area contributed by atoms with E-state index in [9.17, 15) is 0 Å². The molecule has 0 aliphatic rings. The summed E-state index contributed by atoms with van der Waals surface area (Å²) in [5.41, 5.74) is 0. The molecule has 8 heavy (non-hydrogen) atoms. The highest BCUT2D eigenvalue weighted by Crippen LogP contribution is 2.02. The molecule has 0 fully saturated rings. The van der Waals surface area contributed by atoms with Crippen molar-refractivity contribution < 1.29 is 5.11 Å². The highest BCUT2D eigenvalue weighted by molar-refractivity contribution is 4.41. The van der Waals surface area contributed by atoms with E-state index in [2.05, 4.69) is 20.8 Å². The van der Waals surface area contributed by atoms with Crippen molar-refractivity contribution in [2.24, 2.45) is 5.92 Å². The number of hydrogen-bond donors (Lipinski definition) is 1. The molecule has 0 bridgehead atoms. The Hall–Kier alpha value is -0.0400. The fraction of sp³-hybridized carbons (Fsp3) is 1.00. The third-order valence-corrected chi connectivity index (χ3v) is 1.39. The lowest BCUT2D eigenvalue weighted by Crippen LogP contribution is -1.85. The summed E-state index contributed by atoms with van der Waals surface area (Å²) in [7, 11) is 1.00. The van der Waals surface area contributed by atoms with E-state index in [4.69, 9.17) is 5.11 Å². The van der Waals surface area contributed by atoms with Crippen LogP contribution in [0, 0.1) is 5.92 Å². The average molecular weight is 118 g/mol. The van der Waals surface area contributed by atoms with Crippen LogP contribution >= 0.6 is 0 Å². The molecule has 0 aliphatic heterocycles. The van der Waals surface area contributed by atoms with Crippen LogP contribution in [0.5, 0.6) is 0 Å². The minimum atomic E-state index is 0.935. The minimum absolute atomic E-state index is 0.935. The molecule has 1 nitrogen and oxygen atoms in total. The Morgan fingerprint density at radius 1 is 1.12 bits per heavy atom. The van der Waals surface area contributed by atoms with E-state index in [1.54, 1.807) is 0 Å². The summed E-state index contributed by atoms with van der Waals surface area (Å²) in [6.07, 6.45) is 2.66. The largest absolute Gasteiger partial charge is 0.400 e. The van der Waals surface area contributed by atoms with Gasteiger partial charge in [-0.15, -0.1) is 0 Å². The van der Waals surface area contributed by atoms with Crippen molar-refractivity contribution in [3.8, 4) is 0 Å². The van der Waals surface area contributed by atoms with Gasteiger partial charge < -0.3 is 5.11 Å². The van der Waals surface area contributed by atoms with Crippen LogP contribution in [0.1, 0.15) is 33.6 Å². The Bertz CT molecular complexity index is 23.6. The number of aliphatic hydroxyl groups is 1. The standard InChI is InChI=1S/C6H14.CH4O/c1-4-6(3)5-2;1-2/h6H,4-5H2,1-3H3;2H,1H3. The lowest BCUT2D eigenvalue weighted by atomic mass is 10.1. The topological polar surface area (TPSA) is 20.2 Å². The van der Waals surface area contributed by atoms with Crippen LogP contribution in [-0.2, 0) is 0 Å². The zero-order valence-electron chi connectivity index (χ0n) is 6.44. The highest BCUT2D eigenvalue weighted by atomic mass is 16.2. The van der Waals surface area contributed by atoms with Crippen LogP contribution in [0.15, 0.2) is 0 Å². The van der Waals surface area contributed by atoms with E-state index in [-0.39, 0.29) is 0 Å². The van der Waals surface area contributed by atoms with Crippen molar-refractivity contribution in [2.45, 2.75) is 33.6 Å². The maximum atomic E-state index is 7.00. The first kappa shape index (κ1) is 10.9. The summed E-state index contributed by atoms with van der Waals surface area (Å²) < 4.78 is 0. The van der Waals surface area contributed by atoms with Crippen LogP contribution < -0.4 is 0 Å². The molecule has 0 saturated heterocycles. The molecule has 0 aromatic carbocycles. The van der Waals surface area contributed by atoms with Gasteiger partial charge in [-0.05, 0) is 5.92 Å². The fourth-order valence-corrected chi connectivity index (χ4v) is 0.289. The van der Waals surface area contributed by atoms with Crippen molar-refractivity contribution >= 4 is 0 Å². The Kier molecular flexibility index (Phi) is 13.6. The minimum Gasteiger partial charge on any atom is -0.400 e. The molecule has 0 unspecified atom stereocenters. The summed E-state index contributed by atoms with van der Waals surface area (Å²) >= 11 is 0. The van der Waals surface area contributed by atoms with Gasteiger partial charge in [0.15, 0.2) is 0 Å². The number of hydrogen-bond acceptors (Lipinski definition) is 1. The first-order valence-corrected chi connectivity index (χ1v) is 3.26. The van der Waals surface area contributed by atoms with Crippen molar-refractivity contribution in [2.75, 3.05) is 7.11 Å². The first-order valence-electron chi connectivity index (χ1n) is 3.26. The second kappa shape index (κ2) is 10.0. The Morgan fingerprint density at radius 2 is 1.38 bits per heavy atom. The maximum absolute atomic E-state index is 7.00. The summed E-state index contributed by atoms with van der Waals surface area (Å²) in [5.74, 6) is 0.935. The quantitative estimate of drug-likeness (QED) is 0.588. The van der Waals surface area contributed by atoms with E-state index >= 15 is 0 Å². The van der Waals surface area contributed by atoms with Crippen molar-refractivity contribution in [1.29, 1.82) is 0 Å². The molecule has 0 aliphatic carbocycles. The molecule has 1 N–H and O–H groups in total. The second-order valence-electron chi connectivity index (χ2n) is 1.92. The van der Waals surface area contributed by atoms with E-state index in [1.165, 1.54) is 12.8 Å². The summed E-state index contributed by atoms with van der Waals surface area (Å²) in [6, 6.07) is 0. The van der Waals surface area contributed by atoms with E-state index < -0.39 is 0 Å². The Morgan fingerprint density at radius 3 is 1.38 bits per heavy atom. The maximum Gasteiger partial charge on any atom is 0.0319 e. The van der Waals surface area contributed by atoms with Gasteiger partial charge in [-0.2, -0.15) is 0 Å². The van der Waals surface area contributed by atoms with Crippen LogP contribution in [0.3, 0.4) is 0 Å². The monoisotopic (exact) mass is 118 g/mol. The SMILES string of the molecule is CCC(C)CC.CO. The van der Waals surface area contributed by atoms with Crippen molar-refractivity contribution in [1.82, 2.24) is 0 Å². The molecule has 0 radical (unpaired) electrons. The van der Waals surface area contributed by atoms with Gasteiger partial charge >= 0.3 is 0 Å². The molecule has 0 amide bonds. The average Bonchev–Trinajstić information content (AvgIpc) is 1.91. The molecule has 0 saturated carbocycles. The van der Waals surface area contributed by atoms with Gasteiger partial charge in [0.1, 0.15) is 0 Å². The fourth-order valence-electron chi connectivity index (χ4n) is 0.289. The molecule has 0 atom stereocenters. The molecular formula is C7H18O. The van der Waals surface area contributed by atoms with Crippen LogP contribution in [-0.4, -0.2) is 12.2 Å². The van der Waals surface area contributed by atoms with Gasteiger partial charge in [-0.1, -0.05) is 33.6 Å². The van der Waals surface area contributed by atoms with Gasteiger partial charge in [0.05, 0.1) is 0 Å². The third-order valence-electron chi connectivity index (χ3n) is 1.39. The molecule has 52 valence electrons. The summed E-state index contributed by atoms with van der Waals surface area (Å²) in [6.45, 7) is 6.74. The van der Waals surface area contributed by atoms with E-state index in [0.29, 0.717) is 0 Å². The zero-order chi connectivity index (χ0) is 6.99. The van der Waals surface area contributed by atoms with Gasteiger partial charge in [-0.25, -0.2) is 0 Å². The van der Waals surface area contributed by atoms with E-state index in [0.717, 1.165) is 13.0 Å². The molecule has 0 aromatic heterocycles. The molecule has 0 aromatic rings. The van der Waals surface area contributed by atoms with Gasteiger partial charge in [0, 0.05) is 7.11 Å². The Labute approximate surface area is 52.7 Å². The molecule has 0 heterocycles. The highest BCUT2D eigenvalue weighted by Gasteiger charge is 1.88. The van der Waals surface area contributed by atoms with Crippen LogP contribution in [0.2, 0.25) is 0 Å². The molecular weight excluding hydrogens is 100 g/mol. The smallest absolute Gasteiger partial charge is 0.0319 e. The van der Waals surface area contributed by atoms with Crippen LogP contribution in [0.25, 0.3) is 0 Å². The third kappa shape index (κ3) is 9.35. The predicted molar refractivity (Wildman–Crippen MR) is 37.9 cm³/mol. The van der Waals surface area contributed by atoms with E-state index in [1.807, 2.05) is 0 Å². The molecule has 0 rings (SSSR count). The lowest BCUT2D eigenvalue weighted by molar-refractivity contribution is 0.399. The number of rotatable bonds is 2. The van der Waals surface area contributed by atoms with Crippen molar-refractivity contribution in [3.05, 3.63) is 0 Å². The summed E-state index contributed by atoms with van der Waals surface area (Å²) in [4.78, 5) is 0. The summed E-state index contributed by atoms with van der Waals surface area (Å²) in [5, 5.41) is 7.00. The van der Waals surface area contributed by atoms with Crippen molar-refractivity contribution in [3.63, 3.8) is 0 Å².